The Balaban J connectivity index is 1.70. The van der Waals surface area contributed by atoms with Gasteiger partial charge in [-0.05, 0) is 48.0 Å². The number of benzene rings is 3. The number of amides is 1. The van der Waals surface area contributed by atoms with Crippen LogP contribution in [0.4, 0.5) is 21.7 Å². The first-order valence-corrected chi connectivity index (χ1v) is 12.9. The van der Waals surface area contributed by atoms with Gasteiger partial charge in [0.15, 0.2) is 0 Å². The maximum Gasteiger partial charge on any atom is 0.259 e. The fourth-order valence-electron chi connectivity index (χ4n) is 3.60. The van der Waals surface area contributed by atoms with E-state index in [1.807, 2.05) is 42.5 Å². The van der Waals surface area contributed by atoms with Gasteiger partial charge in [0.25, 0.3) is 5.91 Å². The number of carbonyl (C=O) groups is 1. The highest BCUT2D eigenvalue weighted by Crippen LogP contribution is 2.30. The van der Waals surface area contributed by atoms with Crippen molar-refractivity contribution in [2.75, 3.05) is 17.7 Å². The Morgan fingerprint density at radius 2 is 1.84 bits per heavy atom. The molecule has 3 aromatic carbocycles. The van der Waals surface area contributed by atoms with Crippen LogP contribution in [0, 0.1) is 5.82 Å². The second-order valence-electron chi connectivity index (χ2n) is 8.41. The average molecular weight is 537 g/mol. The predicted molar refractivity (Wildman–Crippen MR) is 148 cm³/mol. The minimum Gasteiger partial charge on any atom is -0.497 e. The third kappa shape index (κ3) is 6.78. The van der Waals surface area contributed by atoms with Crippen molar-refractivity contribution in [2.45, 2.75) is 30.4 Å². The molecule has 0 atom stereocenters. The summed E-state index contributed by atoms with van der Waals surface area (Å²) in [6.07, 6.45) is 1.82. The number of carbonyl (C=O) groups excluding carboxylic acids is 1. The molecule has 0 aliphatic heterocycles. The molecule has 190 valence electrons. The van der Waals surface area contributed by atoms with Crippen LogP contribution in [0.3, 0.4) is 0 Å². The second kappa shape index (κ2) is 12.1. The molecule has 0 fully saturated rings. The van der Waals surface area contributed by atoms with Crippen LogP contribution in [0.2, 0.25) is 5.02 Å². The molecule has 0 spiro atoms. The molecule has 1 heterocycles. The normalized spacial score (nSPS) is 10.9. The van der Waals surface area contributed by atoms with Crippen LogP contribution in [-0.2, 0) is 6.42 Å². The number of nitrogens with zero attached hydrogens (tertiary/aromatic N) is 2. The Kier molecular flexibility index (Phi) is 8.63. The van der Waals surface area contributed by atoms with E-state index in [4.69, 9.17) is 16.3 Å². The monoisotopic (exact) mass is 536 g/mol. The van der Waals surface area contributed by atoms with Gasteiger partial charge in [-0.25, -0.2) is 14.4 Å². The number of halogens is 2. The summed E-state index contributed by atoms with van der Waals surface area (Å²) in [5.41, 5.74) is 2.42. The Bertz CT molecular complexity index is 1380. The molecule has 0 saturated carbocycles. The maximum absolute atomic E-state index is 14.4. The number of aromatic nitrogens is 2. The lowest BCUT2D eigenvalue weighted by molar-refractivity contribution is 0.102. The highest BCUT2D eigenvalue weighted by molar-refractivity contribution is 8.00. The Hall–Kier alpha value is -3.62. The van der Waals surface area contributed by atoms with Crippen molar-refractivity contribution in [2.24, 2.45) is 0 Å². The summed E-state index contributed by atoms with van der Waals surface area (Å²) in [7, 11) is 1.60. The molecule has 2 N–H and O–H groups in total. The number of hydrogen-bond acceptors (Lipinski definition) is 6. The fraction of sp³-hybridized carbons (Fsp3) is 0.179. The van der Waals surface area contributed by atoms with Gasteiger partial charge in [0, 0.05) is 28.5 Å². The third-order valence-electron chi connectivity index (χ3n) is 5.35. The Morgan fingerprint density at radius 1 is 1.08 bits per heavy atom. The number of thioether (sulfide) groups is 1. The molecular weight excluding hydrogens is 511 g/mol. The number of para-hydroxylation sites is 1. The Morgan fingerprint density at radius 3 is 2.54 bits per heavy atom. The molecule has 37 heavy (non-hydrogen) atoms. The van der Waals surface area contributed by atoms with Gasteiger partial charge in [-0.2, -0.15) is 0 Å². The summed E-state index contributed by atoms with van der Waals surface area (Å²) in [5, 5.41) is 6.23. The van der Waals surface area contributed by atoms with E-state index >= 15 is 0 Å². The number of methoxy groups -OCH3 is 1. The molecule has 1 amide bonds. The summed E-state index contributed by atoms with van der Waals surface area (Å²) in [4.78, 5) is 23.4. The van der Waals surface area contributed by atoms with Crippen molar-refractivity contribution in [1.29, 1.82) is 0 Å². The molecular formula is C28H26ClFN4O2S. The molecule has 4 rings (SSSR count). The highest BCUT2D eigenvalue weighted by Gasteiger charge is 2.19. The Labute approximate surface area is 224 Å². The van der Waals surface area contributed by atoms with Crippen LogP contribution >= 0.6 is 23.4 Å². The van der Waals surface area contributed by atoms with Crippen molar-refractivity contribution < 1.29 is 13.9 Å². The summed E-state index contributed by atoms with van der Waals surface area (Å²) >= 11 is 7.87. The molecule has 4 aromatic rings. The van der Waals surface area contributed by atoms with Crippen LogP contribution in [0.1, 0.15) is 35.5 Å². The van der Waals surface area contributed by atoms with E-state index in [0.717, 1.165) is 21.9 Å². The minimum absolute atomic E-state index is 0.0867. The zero-order valence-electron chi connectivity index (χ0n) is 20.6. The largest absolute Gasteiger partial charge is 0.497 e. The van der Waals surface area contributed by atoms with E-state index in [9.17, 15) is 9.18 Å². The van der Waals surface area contributed by atoms with Gasteiger partial charge in [-0.15, -0.1) is 11.8 Å². The first-order valence-electron chi connectivity index (χ1n) is 11.6. The van der Waals surface area contributed by atoms with Gasteiger partial charge in [0.05, 0.1) is 29.1 Å². The smallest absolute Gasteiger partial charge is 0.259 e. The summed E-state index contributed by atoms with van der Waals surface area (Å²) in [6.45, 7) is 4.25. The lowest BCUT2D eigenvalue weighted by Crippen LogP contribution is -2.18. The molecule has 0 unspecified atom stereocenters. The maximum atomic E-state index is 14.4. The summed E-state index contributed by atoms with van der Waals surface area (Å²) in [6, 6.07) is 19.6. The number of rotatable bonds is 9. The van der Waals surface area contributed by atoms with Crippen LogP contribution in [-0.4, -0.2) is 28.2 Å². The van der Waals surface area contributed by atoms with Crippen molar-refractivity contribution in [3.05, 3.63) is 101 Å². The van der Waals surface area contributed by atoms with Crippen molar-refractivity contribution >= 4 is 46.6 Å². The third-order valence-corrected chi connectivity index (χ3v) is 6.79. The van der Waals surface area contributed by atoms with Gasteiger partial charge in [0.2, 0.25) is 5.95 Å². The van der Waals surface area contributed by atoms with E-state index in [1.54, 1.807) is 18.9 Å². The summed E-state index contributed by atoms with van der Waals surface area (Å²) in [5.74, 6) is -0.119. The van der Waals surface area contributed by atoms with Crippen LogP contribution < -0.4 is 15.4 Å². The van der Waals surface area contributed by atoms with Crippen molar-refractivity contribution in [3.8, 4) is 5.75 Å². The van der Waals surface area contributed by atoms with E-state index < -0.39 is 11.7 Å². The number of nitrogens with one attached hydrogen (secondary N) is 2. The standard InChI is InChI=1S/C28H26ClFN4O2S/c1-17(2)37-25-10-5-4-7-18(25)15-24-21(27(35)34-26-22(29)8-6-9-23(26)30)16-31-28(33-24)32-19-11-13-20(36-3)14-12-19/h4-14,16-17H,15H2,1-3H3,(H,34,35)(H,31,32,33). The number of hydrogen-bond donors (Lipinski definition) is 2. The van der Waals surface area contributed by atoms with Crippen molar-refractivity contribution in [1.82, 2.24) is 9.97 Å². The zero-order chi connectivity index (χ0) is 26.4. The molecule has 1 aromatic heterocycles. The van der Waals surface area contributed by atoms with Gasteiger partial charge in [-0.1, -0.05) is 49.7 Å². The van der Waals surface area contributed by atoms with E-state index in [0.29, 0.717) is 23.3 Å². The summed E-state index contributed by atoms with van der Waals surface area (Å²) < 4.78 is 19.6. The topological polar surface area (TPSA) is 76.1 Å². The second-order valence-corrected chi connectivity index (χ2v) is 10.4. The van der Waals surface area contributed by atoms with Crippen LogP contribution in [0.5, 0.6) is 5.75 Å². The number of ether oxygens (including phenoxy) is 1. The fourth-order valence-corrected chi connectivity index (χ4v) is 4.77. The van der Waals surface area contributed by atoms with Gasteiger partial charge in [0.1, 0.15) is 11.6 Å². The zero-order valence-corrected chi connectivity index (χ0v) is 22.2. The SMILES string of the molecule is COc1ccc(Nc2ncc(C(=O)Nc3c(F)cccc3Cl)c(Cc3ccccc3SC(C)C)n2)cc1. The predicted octanol–water partition coefficient (Wildman–Crippen LogP) is 7.36. The lowest BCUT2D eigenvalue weighted by atomic mass is 10.1. The average Bonchev–Trinajstić information content (AvgIpc) is 2.88. The van der Waals surface area contributed by atoms with Crippen LogP contribution in [0.15, 0.2) is 77.8 Å². The lowest BCUT2D eigenvalue weighted by Gasteiger charge is -2.15. The van der Waals surface area contributed by atoms with E-state index in [1.165, 1.54) is 24.4 Å². The quantitative estimate of drug-likeness (QED) is 0.218. The first kappa shape index (κ1) is 26.4. The molecule has 0 bridgehead atoms. The molecule has 9 heteroatoms. The molecule has 6 nitrogen and oxygen atoms in total. The highest BCUT2D eigenvalue weighted by atomic mass is 35.5. The van der Waals surface area contributed by atoms with Gasteiger partial charge in [-0.3, -0.25) is 4.79 Å². The van der Waals surface area contributed by atoms with Crippen LogP contribution in [0.25, 0.3) is 0 Å². The molecule has 0 aliphatic rings. The van der Waals surface area contributed by atoms with E-state index in [2.05, 4.69) is 40.5 Å². The molecule has 0 saturated heterocycles. The molecule has 0 aliphatic carbocycles. The van der Waals surface area contributed by atoms with Crippen molar-refractivity contribution in [3.63, 3.8) is 0 Å². The first-order chi connectivity index (χ1) is 17.8. The minimum atomic E-state index is -0.625. The number of anilines is 3. The van der Waals surface area contributed by atoms with Gasteiger partial charge >= 0.3 is 0 Å². The van der Waals surface area contributed by atoms with E-state index in [-0.39, 0.29) is 16.3 Å². The van der Waals surface area contributed by atoms with Gasteiger partial charge < -0.3 is 15.4 Å². The molecule has 0 radical (unpaired) electrons.